The van der Waals surface area contributed by atoms with Crippen molar-refractivity contribution in [3.63, 3.8) is 0 Å². The van der Waals surface area contributed by atoms with Gasteiger partial charge in [-0.1, -0.05) is 12.1 Å². The minimum Gasteiger partial charge on any atom is -0.478 e. The fourth-order valence-electron chi connectivity index (χ4n) is 2.16. The van der Waals surface area contributed by atoms with Gasteiger partial charge in [0.1, 0.15) is 0 Å². The van der Waals surface area contributed by atoms with Gasteiger partial charge in [0.15, 0.2) is 0 Å². The summed E-state index contributed by atoms with van der Waals surface area (Å²) in [6, 6.07) is 14.1. The molecule has 3 rings (SSSR count). The van der Waals surface area contributed by atoms with Crippen LogP contribution in [0.2, 0.25) is 0 Å². The van der Waals surface area contributed by atoms with Crippen molar-refractivity contribution >= 4 is 11.7 Å². The van der Waals surface area contributed by atoms with Crippen molar-refractivity contribution in [1.82, 2.24) is 10.2 Å². The van der Waals surface area contributed by atoms with E-state index in [-0.39, 0.29) is 5.56 Å². The standard InChI is InChI=1S/C17H15N3O3/c1-20(2)14-8-4-6-12(10-14)16-19-18-15(23-16)11-5-3-7-13(9-11)17(21)22/h3-10H,1-2H3,(H,21,22). The number of anilines is 1. The summed E-state index contributed by atoms with van der Waals surface area (Å²) in [6.45, 7) is 0. The molecule has 0 amide bonds. The normalized spacial score (nSPS) is 10.5. The quantitative estimate of drug-likeness (QED) is 0.797. The number of aromatic carboxylic acids is 1. The number of aromatic nitrogens is 2. The summed E-state index contributed by atoms with van der Waals surface area (Å²) in [5.41, 5.74) is 2.59. The number of nitrogens with zero attached hydrogens (tertiary/aromatic N) is 3. The van der Waals surface area contributed by atoms with Gasteiger partial charge in [-0.15, -0.1) is 10.2 Å². The molecule has 3 aromatic rings. The number of rotatable bonds is 4. The zero-order chi connectivity index (χ0) is 16.4. The lowest BCUT2D eigenvalue weighted by molar-refractivity contribution is 0.0697. The van der Waals surface area contributed by atoms with E-state index < -0.39 is 5.97 Å². The Bertz CT molecular complexity index is 856. The average Bonchev–Trinajstić information content (AvgIpc) is 3.05. The Morgan fingerprint density at radius 2 is 1.61 bits per heavy atom. The van der Waals surface area contributed by atoms with Crippen molar-refractivity contribution in [2.75, 3.05) is 19.0 Å². The molecule has 0 radical (unpaired) electrons. The first kappa shape index (κ1) is 14.8. The lowest BCUT2D eigenvalue weighted by Crippen LogP contribution is -2.08. The van der Waals surface area contributed by atoms with Crippen LogP contribution in [-0.4, -0.2) is 35.4 Å². The Morgan fingerprint density at radius 1 is 1.00 bits per heavy atom. The molecule has 0 aliphatic carbocycles. The van der Waals surface area contributed by atoms with Crippen LogP contribution in [0.3, 0.4) is 0 Å². The Balaban J connectivity index is 1.96. The first-order valence-corrected chi connectivity index (χ1v) is 6.99. The fraction of sp³-hybridized carbons (Fsp3) is 0.118. The van der Waals surface area contributed by atoms with Crippen molar-refractivity contribution in [3.8, 4) is 22.9 Å². The first-order valence-electron chi connectivity index (χ1n) is 6.99. The molecule has 0 aliphatic heterocycles. The maximum Gasteiger partial charge on any atom is 0.335 e. The van der Waals surface area contributed by atoms with E-state index in [1.54, 1.807) is 12.1 Å². The van der Waals surface area contributed by atoms with Crippen LogP contribution in [0, 0.1) is 0 Å². The van der Waals surface area contributed by atoms with E-state index in [0.29, 0.717) is 17.3 Å². The van der Waals surface area contributed by atoms with E-state index in [4.69, 9.17) is 9.52 Å². The zero-order valence-electron chi connectivity index (χ0n) is 12.7. The predicted molar refractivity (Wildman–Crippen MR) is 86.5 cm³/mol. The minimum atomic E-state index is -0.995. The SMILES string of the molecule is CN(C)c1cccc(-c2nnc(-c3cccc(C(=O)O)c3)o2)c1. The predicted octanol–water partition coefficient (Wildman–Crippen LogP) is 3.17. The van der Waals surface area contributed by atoms with E-state index in [9.17, 15) is 4.79 Å². The van der Waals surface area contributed by atoms with Gasteiger partial charge in [0.25, 0.3) is 0 Å². The highest BCUT2D eigenvalue weighted by Gasteiger charge is 2.13. The van der Waals surface area contributed by atoms with Crippen LogP contribution in [-0.2, 0) is 0 Å². The molecule has 0 aliphatic rings. The van der Waals surface area contributed by atoms with Gasteiger partial charge in [0, 0.05) is 30.9 Å². The smallest absolute Gasteiger partial charge is 0.335 e. The Morgan fingerprint density at radius 3 is 2.22 bits per heavy atom. The monoisotopic (exact) mass is 309 g/mol. The fourth-order valence-corrected chi connectivity index (χ4v) is 2.16. The molecule has 0 saturated heterocycles. The molecule has 0 fully saturated rings. The molecule has 0 atom stereocenters. The van der Waals surface area contributed by atoms with E-state index >= 15 is 0 Å². The van der Waals surface area contributed by atoms with Gasteiger partial charge in [0.2, 0.25) is 11.8 Å². The highest BCUT2D eigenvalue weighted by Crippen LogP contribution is 2.26. The molecule has 0 saturated carbocycles. The first-order chi connectivity index (χ1) is 11.0. The lowest BCUT2D eigenvalue weighted by Gasteiger charge is -2.12. The number of benzene rings is 2. The van der Waals surface area contributed by atoms with Crippen LogP contribution < -0.4 is 4.90 Å². The third kappa shape index (κ3) is 3.06. The van der Waals surface area contributed by atoms with Crippen LogP contribution in [0.5, 0.6) is 0 Å². The average molecular weight is 309 g/mol. The molecule has 1 N–H and O–H groups in total. The Kier molecular flexibility index (Phi) is 3.80. The summed E-state index contributed by atoms with van der Waals surface area (Å²) in [5, 5.41) is 17.1. The summed E-state index contributed by atoms with van der Waals surface area (Å²) >= 11 is 0. The molecule has 0 unspecified atom stereocenters. The lowest BCUT2D eigenvalue weighted by atomic mass is 10.1. The highest BCUT2D eigenvalue weighted by molar-refractivity contribution is 5.89. The van der Waals surface area contributed by atoms with Gasteiger partial charge in [-0.05, 0) is 36.4 Å². The van der Waals surface area contributed by atoms with Crippen molar-refractivity contribution in [1.29, 1.82) is 0 Å². The van der Waals surface area contributed by atoms with Gasteiger partial charge in [-0.2, -0.15) is 0 Å². The summed E-state index contributed by atoms with van der Waals surface area (Å²) in [6.07, 6.45) is 0. The largest absolute Gasteiger partial charge is 0.478 e. The second-order valence-electron chi connectivity index (χ2n) is 5.24. The van der Waals surface area contributed by atoms with Crippen molar-refractivity contribution in [2.45, 2.75) is 0 Å². The van der Waals surface area contributed by atoms with Gasteiger partial charge in [-0.3, -0.25) is 0 Å². The second-order valence-corrected chi connectivity index (χ2v) is 5.24. The van der Waals surface area contributed by atoms with Gasteiger partial charge >= 0.3 is 5.97 Å². The van der Waals surface area contributed by atoms with Crippen molar-refractivity contribution in [3.05, 3.63) is 54.1 Å². The third-order valence-corrected chi connectivity index (χ3v) is 3.39. The zero-order valence-corrected chi connectivity index (χ0v) is 12.7. The summed E-state index contributed by atoms with van der Waals surface area (Å²) in [5.74, 6) is -0.312. The maximum absolute atomic E-state index is 11.0. The van der Waals surface area contributed by atoms with Crippen LogP contribution in [0.1, 0.15) is 10.4 Å². The molecule has 6 heteroatoms. The van der Waals surface area contributed by atoms with Gasteiger partial charge in [0.05, 0.1) is 5.56 Å². The second kappa shape index (κ2) is 5.92. The van der Waals surface area contributed by atoms with E-state index in [1.165, 1.54) is 12.1 Å². The number of carboxylic acids is 1. The number of hydrogen-bond acceptors (Lipinski definition) is 5. The molecule has 2 aromatic carbocycles. The molecule has 1 aromatic heterocycles. The minimum absolute atomic E-state index is 0.178. The Labute approximate surface area is 133 Å². The highest BCUT2D eigenvalue weighted by atomic mass is 16.4. The Hall–Kier alpha value is -3.15. The van der Waals surface area contributed by atoms with Crippen molar-refractivity contribution in [2.24, 2.45) is 0 Å². The van der Waals surface area contributed by atoms with Gasteiger partial charge < -0.3 is 14.4 Å². The number of hydrogen-bond donors (Lipinski definition) is 1. The third-order valence-electron chi connectivity index (χ3n) is 3.39. The molecular weight excluding hydrogens is 294 g/mol. The number of carboxylic acid groups (broad SMARTS) is 1. The van der Waals surface area contributed by atoms with E-state index in [0.717, 1.165) is 11.3 Å². The van der Waals surface area contributed by atoms with Gasteiger partial charge in [-0.25, -0.2) is 4.79 Å². The van der Waals surface area contributed by atoms with Crippen LogP contribution in [0.25, 0.3) is 22.9 Å². The van der Waals surface area contributed by atoms with Crippen molar-refractivity contribution < 1.29 is 14.3 Å². The van der Waals surface area contributed by atoms with Crippen LogP contribution >= 0.6 is 0 Å². The molecule has 0 bridgehead atoms. The maximum atomic E-state index is 11.0. The van der Waals surface area contributed by atoms with Crippen LogP contribution in [0.4, 0.5) is 5.69 Å². The molecule has 23 heavy (non-hydrogen) atoms. The summed E-state index contributed by atoms with van der Waals surface area (Å²) in [4.78, 5) is 13.0. The molecule has 116 valence electrons. The molecular formula is C17H15N3O3. The number of carbonyl (C=O) groups is 1. The molecule has 6 nitrogen and oxygen atoms in total. The molecule has 0 spiro atoms. The van der Waals surface area contributed by atoms with E-state index in [1.807, 2.05) is 43.3 Å². The van der Waals surface area contributed by atoms with Crippen LogP contribution in [0.15, 0.2) is 52.9 Å². The summed E-state index contributed by atoms with van der Waals surface area (Å²) < 4.78 is 5.69. The topological polar surface area (TPSA) is 79.5 Å². The summed E-state index contributed by atoms with van der Waals surface area (Å²) in [7, 11) is 3.91. The molecule has 1 heterocycles. The van der Waals surface area contributed by atoms with E-state index in [2.05, 4.69) is 10.2 Å².